The topological polar surface area (TPSA) is 302 Å². The van der Waals surface area contributed by atoms with Gasteiger partial charge in [0.15, 0.2) is 12.1 Å². The molecule has 5 unspecified atom stereocenters. The molecular formula is C48H58BN5O14. The standard InChI is InChI=1S/C48H58BN5O14/c1-24(2)17-35(54-46(61)31(18-26-9-6-5-7-10-26)53-47(62)32-22-51-14-15-52-32)49(64)66-16-13-27(23-55)48(63)20-29-38(34(21-48)68-36-19-30(50)41(56)25(3)67-36)45(60)40-39(43(29)58)42(57)28-11-8-12-33(65-4)37(28)44(40)59/h5-12,14-15,22,24-25,27,30-31,34-36,41,55-56,58,60,63-64H,13,16-21,23,50H2,1-4H3,(H,53,62)(H,54,61)/t25?,27?,30?,31-,34-,35-,36?,41?,48-/m1/s1. The number of amides is 2. The van der Waals surface area contributed by atoms with Crippen molar-refractivity contribution in [3.8, 4) is 17.2 Å². The summed E-state index contributed by atoms with van der Waals surface area (Å²) in [5.74, 6) is -6.15. The van der Waals surface area contributed by atoms with E-state index in [9.17, 15) is 49.7 Å². The van der Waals surface area contributed by atoms with Crippen LogP contribution in [0.5, 0.6) is 17.2 Å². The number of carbonyl (C=O) groups excluding carboxylic acids is 4. The van der Waals surface area contributed by atoms with E-state index in [1.165, 1.54) is 43.9 Å². The van der Waals surface area contributed by atoms with Gasteiger partial charge in [-0.15, -0.1) is 0 Å². The van der Waals surface area contributed by atoms with E-state index < -0.39 is 120 Å². The molecule has 9 atom stereocenters. The predicted octanol–water partition coefficient (Wildman–Crippen LogP) is 1.84. The first-order valence-electron chi connectivity index (χ1n) is 22.6. The van der Waals surface area contributed by atoms with Gasteiger partial charge in [-0.2, -0.15) is 0 Å². The highest BCUT2D eigenvalue weighted by Gasteiger charge is 2.50. The van der Waals surface area contributed by atoms with E-state index >= 15 is 0 Å². The smallest absolute Gasteiger partial charge is 0.478 e. The third kappa shape index (κ3) is 10.4. The summed E-state index contributed by atoms with van der Waals surface area (Å²) in [6.45, 7) is 4.46. The fourth-order valence-electron chi connectivity index (χ4n) is 9.45. The average Bonchev–Trinajstić information content (AvgIpc) is 3.31. The van der Waals surface area contributed by atoms with E-state index in [0.717, 1.165) is 5.56 Å². The number of phenolic OH excluding ortho intramolecular Hbond substituents is 2. The lowest BCUT2D eigenvalue weighted by Crippen LogP contribution is -2.55. The van der Waals surface area contributed by atoms with Crippen molar-refractivity contribution in [3.05, 3.63) is 112 Å². The fraction of sp³-hybridized carbons (Fsp3) is 0.458. The Morgan fingerprint density at radius 3 is 2.41 bits per heavy atom. The fourth-order valence-corrected chi connectivity index (χ4v) is 9.45. The average molecular weight is 940 g/mol. The number of methoxy groups -OCH3 is 1. The number of aliphatic hydroxyl groups is 3. The Balaban J connectivity index is 1.13. The minimum Gasteiger partial charge on any atom is -0.507 e. The van der Waals surface area contributed by atoms with E-state index in [1.807, 2.05) is 32.0 Å². The molecule has 2 amide bonds. The minimum atomic E-state index is -1.96. The number of phenols is 2. The first-order chi connectivity index (χ1) is 32.5. The molecule has 362 valence electrons. The molecule has 1 aromatic heterocycles. The number of carbonyl (C=O) groups is 4. The molecule has 1 fully saturated rings. The molecular weight excluding hydrogens is 881 g/mol. The first kappa shape index (κ1) is 50.1. The molecule has 0 bridgehead atoms. The van der Waals surface area contributed by atoms with Gasteiger partial charge in [-0.25, -0.2) is 4.98 Å². The maximum absolute atomic E-state index is 14.2. The number of benzene rings is 3. The lowest BCUT2D eigenvalue weighted by molar-refractivity contribution is -0.250. The molecule has 7 rings (SSSR count). The summed E-state index contributed by atoms with van der Waals surface area (Å²) in [7, 11) is -0.278. The summed E-state index contributed by atoms with van der Waals surface area (Å²) in [6.07, 6.45) is -0.757. The van der Waals surface area contributed by atoms with Gasteiger partial charge >= 0.3 is 7.12 Å². The number of ether oxygens (including phenoxy) is 3. The van der Waals surface area contributed by atoms with Gasteiger partial charge in [-0.05, 0) is 37.3 Å². The van der Waals surface area contributed by atoms with Crippen LogP contribution in [0.2, 0.25) is 0 Å². The summed E-state index contributed by atoms with van der Waals surface area (Å²) >= 11 is 0. The van der Waals surface area contributed by atoms with Crippen LogP contribution in [0.3, 0.4) is 0 Å². The molecule has 68 heavy (non-hydrogen) atoms. The highest BCUT2D eigenvalue weighted by molar-refractivity contribution is 6.45. The number of nitrogens with one attached hydrogen (secondary N) is 2. The normalized spacial score (nSPS) is 23.4. The number of aliphatic hydroxyl groups excluding tert-OH is 2. The summed E-state index contributed by atoms with van der Waals surface area (Å²) < 4.78 is 23.6. The number of ketones is 2. The van der Waals surface area contributed by atoms with Crippen LogP contribution in [0.1, 0.15) is 112 Å². The highest BCUT2D eigenvalue weighted by Crippen LogP contribution is 2.54. The van der Waals surface area contributed by atoms with Gasteiger partial charge in [0.1, 0.15) is 29.0 Å². The van der Waals surface area contributed by atoms with Crippen LogP contribution >= 0.6 is 0 Å². The number of nitrogens with zero attached hydrogens (tertiary/aromatic N) is 2. The molecule has 4 aromatic rings. The number of rotatable bonds is 18. The Labute approximate surface area is 393 Å². The van der Waals surface area contributed by atoms with Crippen LogP contribution in [-0.4, -0.2) is 133 Å². The van der Waals surface area contributed by atoms with Crippen molar-refractivity contribution in [2.45, 2.75) is 108 Å². The molecule has 2 heterocycles. The van der Waals surface area contributed by atoms with E-state index in [0.29, 0.717) is 0 Å². The first-order valence-corrected chi connectivity index (χ1v) is 22.6. The van der Waals surface area contributed by atoms with Crippen LogP contribution in [0.4, 0.5) is 0 Å². The third-order valence-electron chi connectivity index (χ3n) is 13.0. The van der Waals surface area contributed by atoms with Gasteiger partial charge in [0.25, 0.3) is 5.91 Å². The van der Waals surface area contributed by atoms with Crippen LogP contribution in [0.15, 0.2) is 67.1 Å². The predicted molar refractivity (Wildman–Crippen MR) is 244 cm³/mol. The maximum atomic E-state index is 14.2. The maximum Gasteiger partial charge on any atom is 0.478 e. The molecule has 1 saturated heterocycles. The monoisotopic (exact) mass is 939 g/mol. The molecule has 19 nitrogen and oxygen atoms in total. The van der Waals surface area contributed by atoms with Crippen LogP contribution in [0.25, 0.3) is 0 Å². The van der Waals surface area contributed by atoms with Gasteiger partial charge < -0.3 is 65.8 Å². The molecule has 20 heteroatoms. The Bertz CT molecular complexity index is 2470. The van der Waals surface area contributed by atoms with Crippen molar-refractivity contribution in [1.82, 2.24) is 20.6 Å². The summed E-state index contributed by atoms with van der Waals surface area (Å²) in [5.41, 5.74) is 3.69. The van der Waals surface area contributed by atoms with Crippen molar-refractivity contribution in [3.63, 3.8) is 0 Å². The molecule has 10 N–H and O–H groups in total. The molecule has 2 aliphatic carbocycles. The number of hydrogen-bond acceptors (Lipinski definition) is 17. The van der Waals surface area contributed by atoms with Crippen LogP contribution in [0, 0.1) is 11.8 Å². The summed E-state index contributed by atoms with van der Waals surface area (Å²) in [5, 5.41) is 75.1. The van der Waals surface area contributed by atoms with E-state index in [2.05, 4.69) is 20.6 Å². The number of aromatic nitrogens is 2. The van der Waals surface area contributed by atoms with E-state index in [-0.39, 0.29) is 78.3 Å². The van der Waals surface area contributed by atoms with Crippen LogP contribution < -0.4 is 21.1 Å². The Kier molecular flexibility index (Phi) is 15.6. The summed E-state index contributed by atoms with van der Waals surface area (Å²) in [6, 6.07) is 11.6. The largest absolute Gasteiger partial charge is 0.507 e. The zero-order chi connectivity index (χ0) is 49.0. The molecule has 3 aliphatic rings. The Morgan fingerprint density at radius 1 is 1.01 bits per heavy atom. The second-order valence-corrected chi connectivity index (χ2v) is 18.1. The second kappa shape index (κ2) is 21.2. The van der Waals surface area contributed by atoms with Gasteiger partial charge in [-0.3, -0.25) is 24.2 Å². The quantitative estimate of drug-likeness (QED) is 0.0447. The Morgan fingerprint density at radius 2 is 1.75 bits per heavy atom. The molecule has 1 aliphatic heterocycles. The number of fused-ring (bicyclic) bond motifs is 3. The zero-order valence-corrected chi connectivity index (χ0v) is 38.2. The van der Waals surface area contributed by atoms with Gasteiger partial charge in [-0.1, -0.05) is 56.3 Å². The minimum absolute atomic E-state index is 0.00243. The number of nitrogens with two attached hydrogens (primary N) is 1. The third-order valence-corrected chi connectivity index (χ3v) is 13.0. The van der Waals surface area contributed by atoms with Crippen molar-refractivity contribution in [2.24, 2.45) is 17.6 Å². The van der Waals surface area contributed by atoms with Crippen molar-refractivity contribution >= 4 is 30.5 Å². The lowest BCUT2D eigenvalue weighted by atomic mass is 9.68. The highest BCUT2D eigenvalue weighted by atomic mass is 16.7. The summed E-state index contributed by atoms with van der Waals surface area (Å²) in [4.78, 5) is 63.3. The van der Waals surface area contributed by atoms with E-state index in [1.54, 1.807) is 19.1 Å². The van der Waals surface area contributed by atoms with Crippen molar-refractivity contribution in [1.29, 1.82) is 0 Å². The van der Waals surface area contributed by atoms with E-state index in [4.69, 9.17) is 24.6 Å². The van der Waals surface area contributed by atoms with Gasteiger partial charge in [0, 0.05) is 79.9 Å². The molecule has 0 radical (unpaired) electrons. The lowest BCUT2D eigenvalue weighted by Gasteiger charge is -2.45. The van der Waals surface area contributed by atoms with Crippen molar-refractivity contribution in [2.75, 3.05) is 20.3 Å². The second-order valence-electron chi connectivity index (χ2n) is 18.1. The molecule has 3 aromatic carbocycles. The SMILES string of the molecule is COc1cccc2c1C(=O)c1c(O)c3c(c(O)c1C2=O)C[C@](O)(C(CO)CCOB(O)[C@@H](CC(C)C)NC(=O)[C@@H](Cc1ccccc1)NC(=O)c1cnccn1)C[C@H]3OC1CC(N)C(O)C(C)O1. The van der Waals surface area contributed by atoms with Crippen LogP contribution in [-0.2, 0) is 31.8 Å². The van der Waals surface area contributed by atoms with Gasteiger partial charge in [0.2, 0.25) is 11.7 Å². The zero-order valence-electron chi connectivity index (χ0n) is 38.2. The molecule has 0 saturated carbocycles. The Hall–Kier alpha value is -5.84. The number of hydrogen-bond donors (Lipinski definition) is 9. The number of aromatic hydroxyl groups is 2. The van der Waals surface area contributed by atoms with Gasteiger partial charge in [0.05, 0.1) is 59.9 Å². The molecule has 0 spiro atoms. The van der Waals surface area contributed by atoms with Crippen molar-refractivity contribution < 1.29 is 68.6 Å².